The molecule has 1 saturated heterocycles. The highest BCUT2D eigenvalue weighted by Gasteiger charge is 2.20. The summed E-state index contributed by atoms with van der Waals surface area (Å²) in [6.07, 6.45) is 1.03. The molecule has 6 heteroatoms. The number of halogens is 1. The zero-order valence-corrected chi connectivity index (χ0v) is 12.2. The van der Waals surface area contributed by atoms with Crippen molar-refractivity contribution in [3.8, 4) is 11.3 Å². The second-order valence-corrected chi connectivity index (χ2v) is 5.62. The lowest BCUT2D eigenvalue weighted by molar-refractivity contribution is 0.0690. The molecule has 104 valence electrons. The molecular weight excluding hydrogens is 324 g/mol. The van der Waals surface area contributed by atoms with Gasteiger partial charge in [0.25, 0.3) is 0 Å². The van der Waals surface area contributed by atoms with Gasteiger partial charge in [-0.05, 0) is 24.1 Å². The van der Waals surface area contributed by atoms with Crippen LogP contribution in [0.2, 0.25) is 0 Å². The summed E-state index contributed by atoms with van der Waals surface area (Å²) in [6.45, 7) is 1.56. The van der Waals surface area contributed by atoms with Gasteiger partial charge in [0.2, 0.25) is 0 Å². The Kier molecular flexibility index (Phi) is 3.58. The number of H-pyrrole nitrogens is 1. The van der Waals surface area contributed by atoms with E-state index >= 15 is 0 Å². The highest BCUT2D eigenvalue weighted by atomic mass is 79.9. The third kappa shape index (κ3) is 2.48. The van der Waals surface area contributed by atoms with Gasteiger partial charge in [0, 0.05) is 22.6 Å². The first-order chi connectivity index (χ1) is 9.65. The number of hydrogen-bond acceptors (Lipinski definition) is 3. The first kappa shape index (κ1) is 13.3. The topological polar surface area (TPSA) is 75.2 Å². The molecule has 1 fully saturated rings. The third-order valence-electron chi connectivity index (χ3n) is 3.47. The lowest BCUT2D eigenvalue weighted by atomic mass is 9.97. The molecule has 1 aromatic heterocycles. The van der Waals surface area contributed by atoms with E-state index in [-0.39, 0.29) is 5.69 Å². The summed E-state index contributed by atoms with van der Waals surface area (Å²) in [5.41, 5.74) is 2.81. The Bertz CT molecular complexity index is 648. The number of aromatic amines is 1. The van der Waals surface area contributed by atoms with E-state index in [0.29, 0.717) is 11.6 Å². The molecule has 1 aliphatic heterocycles. The van der Waals surface area contributed by atoms with Crippen molar-refractivity contribution in [2.75, 3.05) is 13.2 Å². The van der Waals surface area contributed by atoms with Crippen LogP contribution in [-0.2, 0) is 4.74 Å². The number of ether oxygens (including phenoxy) is 1. The zero-order chi connectivity index (χ0) is 14.1. The Hall–Kier alpha value is -1.66. The average molecular weight is 337 g/mol. The summed E-state index contributed by atoms with van der Waals surface area (Å²) < 4.78 is 6.41. The monoisotopic (exact) mass is 336 g/mol. The van der Waals surface area contributed by atoms with Crippen LogP contribution in [0.15, 0.2) is 28.7 Å². The van der Waals surface area contributed by atoms with Crippen molar-refractivity contribution >= 4 is 21.9 Å². The van der Waals surface area contributed by atoms with Crippen molar-refractivity contribution in [3.63, 3.8) is 0 Å². The Labute approximate surface area is 124 Å². The Balaban J connectivity index is 1.90. The van der Waals surface area contributed by atoms with Crippen LogP contribution in [-0.4, -0.2) is 34.5 Å². The molecule has 0 amide bonds. The number of aromatic carboxylic acids is 1. The average Bonchev–Trinajstić information content (AvgIpc) is 3.10. The van der Waals surface area contributed by atoms with Gasteiger partial charge in [-0.1, -0.05) is 28.1 Å². The number of nitrogens with one attached hydrogen (secondary N) is 1. The van der Waals surface area contributed by atoms with E-state index < -0.39 is 5.97 Å². The molecule has 1 aliphatic rings. The van der Waals surface area contributed by atoms with Crippen molar-refractivity contribution in [3.05, 3.63) is 40.0 Å². The van der Waals surface area contributed by atoms with Gasteiger partial charge in [-0.15, -0.1) is 0 Å². The molecule has 2 aromatic rings. The maximum Gasteiger partial charge on any atom is 0.353 e. The van der Waals surface area contributed by atoms with E-state index in [0.717, 1.165) is 29.7 Å². The predicted molar refractivity (Wildman–Crippen MR) is 76.9 cm³/mol. The van der Waals surface area contributed by atoms with Crippen LogP contribution in [0.25, 0.3) is 11.3 Å². The van der Waals surface area contributed by atoms with Crippen LogP contribution in [0.1, 0.15) is 28.4 Å². The lowest BCUT2D eigenvalue weighted by Gasteiger charge is -2.11. The Morgan fingerprint density at radius 1 is 1.45 bits per heavy atom. The third-order valence-corrected chi connectivity index (χ3v) is 4.16. The van der Waals surface area contributed by atoms with E-state index in [1.807, 2.05) is 18.2 Å². The molecule has 3 rings (SSSR count). The van der Waals surface area contributed by atoms with Crippen molar-refractivity contribution in [2.45, 2.75) is 12.3 Å². The second-order valence-electron chi connectivity index (χ2n) is 4.77. The van der Waals surface area contributed by atoms with Crippen molar-refractivity contribution in [1.29, 1.82) is 0 Å². The predicted octanol–water partition coefficient (Wildman–Crippen LogP) is 3.04. The molecule has 2 N–H and O–H groups in total. The van der Waals surface area contributed by atoms with Gasteiger partial charge in [0.1, 0.15) is 5.69 Å². The van der Waals surface area contributed by atoms with Crippen molar-refractivity contribution < 1.29 is 14.6 Å². The Morgan fingerprint density at radius 2 is 2.30 bits per heavy atom. The number of benzene rings is 1. The normalized spacial score (nSPS) is 18.4. The van der Waals surface area contributed by atoms with E-state index in [1.165, 1.54) is 11.6 Å². The fraction of sp³-hybridized carbons (Fsp3) is 0.286. The minimum Gasteiger partial charge on any atom is -0.477 e. The molecule has 0 spiro atoms. The smallest absolute Gasteiger partial charge is 0.353 e. The summed E-state index contributed by atoms with van der Waals surface area (Å²) >= 11 is 3.58. The van der Waals surface area contributed by atoms with Crippen LogP contribution in [0, 0.1) is 0 Å². The summed E-state index contributed by atoms with van der Waals surface area (Å²) in [7, 11) is 0. The van der Waals surface area contributed by atoms with Crippen LogP contribution in [0.5, 0.6) is 0 Å². The lowest BCUT2D eigenvalue weighted by Crippen LogP contribution is -1.98. The molecule has 0 bridgehead atoms. The Morgan fingerprint density at radius 3 is 2.90 bits per heavy atom. The van der Waals surface area contributed by atoms with Gasteiger partial charge in [-0.25, -0.2) is 4.79 Å². The van der Waals surface area contributed by atoms with E-state index in [9.17, 15) is 4.79 Å². The number of nitrogens with zero attached hydrogens (tertiary/aromatic N) is 1. The maximum atomic E-state index is 10.8. The van der Waals surface area contributed by atoms with Crippen molar-refractivity contribution in [1.82, 2.24) is 10.2 Å². The fourth-order valence-corrected chi connectivity index (χ4v) is 3.08. The molecule has 5 nitrogen and oxygen atoms in total. The molecule has 0 aliphatic carbocycles. The second kappa shape index (κ2) is 5.38. The van der Waals surface area contributed by atoms with Gasteiger partial charge < -0.3 is 9.84 Å². The molecule has 1 atom stereocenters. The van der Waals surface area contributed by atoms with Crippen LogP contribution < -0.4 is 0 Å². The number of rotatable bonds is 3. The van der Waals surface area contributed by atoms with E-state index in [2.05, 4.69) is 26.1 Å². The minimum atomic E-state index is -1.01. The SMILES string of the molecule is O=C(O)c1cc(-c2ccc(C3CCOC3)c(Br)c2)n[nH]1. The summed E-state index contributed by atoms with van der Waals surface area (Å²) in [6, 6.07) is 7.51. The van der Waals surface area contributed by atoms with Crippen LogP contribution in [0.4, 0.5) is 0 Å². The number of carbonyl (C=O) groups is 1. The number of carboxylic acid groups (broad SMARTS) is 1. The van der Waals surface area contributed by atoms with Crippen LogP contribution >= 0.6 is 15.9 Å². The molecule has 1 unspecified atom stereocenters. The molecule has 20 heavy (non-hydrogen) atoms. The highest BCUT2D eigenvalue weighted by molar-refractivity contribution is 9.10. The summed E-state index contributed by atoms with van der Waals surface area (Å²) in [5.74, 6) is -0.588. The van der Waals surface area contributed by atoms with Gasteiger partial charge in [0.05, 0.1) is 12.3 Å². The first-order valence-electron chi connectivity index (χ1n) is 6.31. The minimum absolute atomic E-state index is 0.0874. The standard InChI is InChI=1S/C14H13BrN2O3/c15-11-5-8(12-6-13(14(18)19)17-16-12)1-2-10(11)9-3-4-20-7-9/h1-2,5-6,9H,3-4,7H2,(H,16,17)(H,18,19). The molecular formula is C14H13BrN2O3. The quantitative estimate of drug-likeness (QED) is 0.903. The fourth-order valence-electron chi connectivity index (χ4n) is 2.38. The van der Waals surface area contributed by atoms with Crippen molar-refractivity contribution in [2.24, 2.45) is 0 Å². The highest BCUT2D eigenvalue weighted by Crippen LogP contribution is 2.33. The van der Waals surface area contributed by atoms with Gasteiger partial charge in [-0.3, -0.25) is 5.10 Å². The largest absolute Gasteiger partial charge is 0.477 e. The van der Waals surface area contributed by atoms with Gasteiger partial charge >= 0.3 is 5.97 Å². The first-order valence-corrected chi connectivity index (χ1v) is 7.10. The van der Waals surface area contributed by atoms with Crippen LogP contribution in [0.3, 0.4) is 0 Å². The summed E-state index contributed by atoms with van der Waals surface area (Å²) in [4.78, 5) is 10.8. The zero-order valence-electron chi connectivity index (χ0n) is 10.6. The maximum absolute atomic E-state index is 10.8. The van der Waals surface area contributed by atoms with Gasteiger partial charge in [-0.2, -0.15) is 5.10 Å². The van der Waals surface area contributed by atoms with E-state index in [4.69, 9.17) is 9.84 Å². The number of aromatic nitrogens is 2. The van der Waals surface area contributed by atoms with Gasteiger partial charge in [0.15, 0.2) is 0 Å². The molecule has 1 aromatic carbocycles. The molecule has 0 saturated carbocycles. The van der Waals surface area contributed by atoms with E-state index in [1.54, 1.807) is 0 Å². The number of carboxylic acids is 1. The molecule has 2 heterocycles. The number of hydrogen-bond donors (Lipinski definition) is 2. The molecule has 0 radical (unpaired) electrons. The summed E-state index contributed by atoms with van der Waals surface area (Å²) in [5, 5.41) is 15.4.